The number of H-pyrrole nitrogens is 1. The Bertz CT molecular complexity index is 624. The van der Waals surface area contributed by atoms with E-state index < -0.39 is 9.84 Å². The van der Waals surface area contributed by atoms with E-state index in [2.05, 4.69) is 30.9 Å². The summed E-state index contributed by atoms with van der Waals surface area (Å²) in [6, 6.07) is 2.76. The van der Waals surface area contributed by atoms with Crippen molar-refractivity contribution in [2.45, 2.75) is 17.9 Å². The molecule has 1 unspecified atom stereocenters. The van der Waals surface area contributed by atoms with E-state index in [4.69, 9.17) is 0 Å². The molecule has 0 spiro atoms. The summed E-state index contributed by atoms with van der Waals surface area (Å²) in [6.45, 7) is 1.78. The van der Waals surface area contributed by atoms with Crippen LogP contribution in [0.25, 0.3) is 0 Å². The minimum Gasteiger partial charge on any atom is -0.359 e. The first-order chi connectivity index (χ1) is 8.48. The Kier molecular flexibility index (Phi) is 3.24. The zero-order chi connectivity index (χ0) is 13.2. The van der Waals surface area contributed by atoms with Crippen molar-refractivity contribution in [3.8, 4) is 0 Å². The zero-order valence-corrected chi connectivity index (χ0v) is 10.6. The molecule has 2 aromatic heterocycles. The molecule has 9 heteroatoms. The van der Waals surface area contributed by atoms with Crippen LogP contribution in [0.1, 0.15) is 18.8 Å². The molecule has 96 valence electrons. The van der Waals surface area contributed by atoms with Gasteiger partial charge in [0.1, 0.15) is 10.7 Å². The summed E-state index contributed by atoms with van der Waals surface area (Å²) in [7, 11) is -3.34. The van der Waals surface area contributed by atoms with Crippen molar-refractivity contribution in [2.24, 2.45) is 0 Å². The van der Waals surface area contributed by atoms with E-state index >= 15 is 0 Å². The monoisotopic (exact) mass is 268 g/mol. The maximum atomic E-state index is 11.6. The topological polar surface area (TPSA) is 114 Å². The van der Waals surface area contributed by atoms with Gasteiger partial charge in [0.05, 0.1) is 6.04 Å². The third kappa shape index (κ3) is 2.62. The molecule has 0 aliphatic rings. The summed E-state index contributed by atoms with van der Waals surface area (Å²) in [5, 5.41) is 16.4. The molecule has 2 aromatic rings. The molecule has 2 N–H and O–H groups in total. The Labute approximate surface area is 104 Å². The molecule has 2 rings (SSSR count). The van der Waals surface area contributed by atoms with Gasteiger partial charge in [0.2, 0.25) is 0 Å². The molecule has 0 aliphatic heterocycles. The average molecular weight is 268 g/mol. The number of hydrogen-bond acceptors (Lipinski definition) is 7. The lowest BCUT2D eigenvalue weighted by Crippen LogP contribution is -2.13. The Morgan fingerprint density at radius 2 is 2.22 bits per heavy atom. The van der Waals surface area contributed by atoms with Gasteiger partial charge in [0, 0.05) is 12.5 Å². The predicted molar refractivity (Wildman–Crippen MR) is 63.6 cm³/mol. The van der Waals surface area contributed by atoms with Crippen LogP contribution in [-0.4, -0.2) is 40.3 Å². The quantitative estimate of drug-likeness (QED) is 0.812. The SMILES string of the molecule is CC(Nc1ncccc1S(C)(=O)=O)c1nn[nH]n1. The Hall–Kier alpha value is -2.03. The lowest BCUT2D eigenvalue weighted by atomic mass is 10.3. The van der Waals surface area contributed by atoms with Crippen LogP contribution in [0.3, 0.4) is 0 Å². The third-order valence-electron chi connectivity index (χ3n) is 2.27. The summed E-state index contributed by atoms with van der Waals surface area (Å²) < 4.78 is 23.2. The molecular formula is C9H12N6O2S. The second-order valence-corrected chi connectivity index (χ2v) is 5.74. The number of aromatic nitrogens is 5. The molecular weight excluding hydrogens is 256 g/mol. The van der Waals surface area contributed by atoms with Gasteiger partial charge in [-0.05, 0) is 19.1 Å². The van der Waals surface area contributed by atoms with Crippen LogP contribution in [-0.2, 0) is 9.84 Å². The van der Waals surface area contributed by atoms with Gasteiger partial charge in [-0.2, -0.15) is 5.21 Å². The predicted octanol–water partition coefficient (Wildman–Crippen LogP) is 0.171. The largest absolute Gasteiger partial charge is 0.359 e. The third-order valence-corrected chi connectivity index (χ3v) is 3.40. The van der Waals surface area contributed by atoms with Gasteiger partial charge in [0.15, 0.2) is 15.7 Å². The van der Waals surface area contributed by atoms with Crippen molar-refractivity contribution >= 4 is 15.7 Å². The van der Waals surface area contributed by atoms with E-state index in [0.717, 1.165) is 6.26 Å². The van der Waals surface area contributed by atoms with Gasteiger partial charge in [-0.25, -0.2) is 13.4 Å². The van der Waals surface area contributed by atoms with Gasteiger partial charge in [-0.1, -0.05) is 5.21 Å². The molecule has 0 aliphatic carbocycles. The van der Waals surface area contributed by atoms with Gasteiger partial charge in [-0.15, -0.1) is 10.2 Å². The van der Waals surface area contributed by atoms with E-state index in [9.17, 15) is 8.42 Å². The lowest BCUT2D eigenvalue weighted by Gasteiger charge is -2.13. The smallest absolute Gasteiger partial charge is 0.196 e. The highest BCUT2D eigenvalue weighted by molar-refractivity contribution is 7.90. The van der Waals surface area contributed by atoms with Crippen LogP contribution >= 0.6 is 0 Å². The molecule has 0 saturated heterocycles. The fraction of sp³-hybridized carbons (Fsp3) is 0.333. The van der Waals surface area contributed by atoms with E-state index in [1.54, 1.807) is 13.0 Å². The van der Waals surface area contributed by atoms with Gasteiger partial charge in [-0.3, -0.25) is 0 Å². The fourth-order valence-corrected chi connectivity index (χ4v) is 2.21. The summed E-state index contributed by atoms with van der Waals surface area (Å²) >= 11 is 0. The van der Waals surface area contributed by atoms with Gasteiger partial charge >= 0.3 is 0 Å². The minimum absolute atomic E-state index is 0.139. The molecule has 0 aromatic carbocycles. The Morgan fingerprint density at radius 1 is 1.44 bits per heavy atom. The van der Waals surface area contributed by atoms with Crippen molar-refractivity contribution in [3.63, 3.8) is 0 Å². The molecule has 0 bridgehead atoms. The number of anilines is 1. The van der Waals surface area contributed by atoms with Crippen molar-refractivity contribution < 1.29 is 8.42 Å². The molecule has 0 saturated carbocycles. The van der Waals surface area contributed by atoms with Crippen LogP contribution < -0.4 is 5.32 Å². The standard InChI is InChI=1S/C9H12N6O2S/c1-6(8-12-14-15-13-8)11-9-7(18(2,16)17)4-3-5-10-9/h3-6H,1-2H3,(H,10,11)(H,12,13,14,15). The summed E-state index contributed by atoms with van der Waals surface area (Å²) in [4.78, 5) is 4.16. The molecule has 0 radical (unpaired) electrons. The lowest BCUT2D eigenvalue weighted by molar-refractivity contribution is 0.601. The number of nitrogens with zero attached hydrogens (tertiary/aromatic N) is 4. The highest BCUT2D eigenvalue weighted by Crippen LogP contribution is 2.21. The second kappa shape index (κ2) is 4.69. The number of pyridine rings is 1. The number of nitrogens with one attached hydrogen (secondary N) is 2. The van der Waals surface area contributed by atoms with E-state index in [1.807, 2.05) is 0 Å². The van der Waals surface area contributed by atoms with E-state index in [1.165, 1.54) is 12.3 Å². The van der Waals surface area contributed by atoms with E-state index in [0.29, 0.717) is 5.82 Å². The average Bonchev–Trinajstić information content (AvgIpc) is 2.81. The van der Waals surface area contributed by atoms with Crippen molar-refractivity contribution in [2.75, 3.05) is 11.6 Å². The Morgan fingerprint density at radius 3 is 2.83 bits per heavy atom. The number of sulfone groups is 1. The summed E-state index contributed by atoms with van der Waals surface area (Å²) in [5.74, 6) is 0.706. The number of hydrogen-bond donors (Lipinski definition) is 2. The molecule has 0 fully saturated rings. The van der Waals surface area contributed by atoms with Crippen molar-refractivity contribution in [1.82, 2.24) is 25.6 Å². The van der Waals surface area contributed by atoms with Gasteiger partial charge in [0.25, 0.3) is 0 Å². The zero-order valence-electron chi connectivity index (χ0n) is 9.82. The van der Waals surface area contributed by atoms with Gasteiger partial charge < -0.3 is 5.32 Å². The number of rotatable bonds is 4. The highest BCUT2D eigenvalue weighted by atomic mass is 32.2. The molecule has 18 heavy (non-hydrogen) atoms. The first-order valence-electron chi connectivity index (χ1n) is 5.13. The van der Waals surface area contributed by atoms with Crippen LogP contribution in [0.2, 0.25) is 0 Å². The number of tetrazole rings is 1. The summed E-state index contributed by atoms with van der Waals surface area (Å²) in [6.07, 6.45) is 2.65. The first kappa shape index (κ1) is 12.4. The van der Waals surface area contributed by atoms with Crippen LogP contribution in [0.4, 0.5) is 5.82 Å². The molecule has 8 nitrogen and oxygen atoms in total. The minimum atomic E-state index is -3.34. The normalized spacial score (nSPS) is 13.2. The van der Waals surface area contributed by atoms with Crippen molar-refractivity contribution in [3.05, 3.63) is 24.2 Å². The number of aromatic amines is 1. The van der Waals surface area contributed by atoms with Crippen molar-refractivity contribution in [1.29, 1.82) is 0 Å². The van der Waals surface area contributed by atoms with Crippen LogP contribution in [0.15, 0.2) is 23.2 Å². The first-order valence-corrected chi connectivity index (χ1v) is 7.02. The molecule has 2 heterocycles. The highest BCUT2D eigenvalue weighted by Gasteiger charge is 2.17. The Balaban J connectivity index is 2.30. The second-order valence-electron chi connectivity index (χ2n) is 3.76. The van der Waals surface area contributed by atoms with Crippen LogP contribution in [0, 0.1) is 0 Å². The fourth-order valence-electron chi connectivity index (χ4n) is 1.42. The van der Waals surface area contributed by atoms with E-state index in [-0.39, 0.29) is 16.8 Å². The summed E-state index contributed by atoms with van der Waals surface area (Å²) in [5.41, 5.74) is 0. The van der Waals surface area contributed by atoms with Crippen LogP contribution in [0.5, 0.6) is 0 Å². The molecule has 1 atom stereocenters. The molecule has 0 amide bonds. The maximum absolute atomic E-state index is 11.6. The maximum Gasteiger partial charge on any atom is 0.196 e.